The zero-order valence-electron chi connectivity index (χ0n) is 11.4. The predicted octanol–water partition coefficient (Wildman–Crippen LogP) is 4.48. The molecule has 0 saturated heterocycles. The molecule has 4 heteroatoms. The van der Waals surface area contributed by atoms with Crippen LogP contribution in [0, 0.1) is 5.82 Å². The van der Waals surface area contributed by atoms with Gasteiger partial charge in [-0.3, -0.25) is 0 Å². The molecular weight excluding hydrogens is 275 g/mol. The van der Waals surface area contributed by atoms with Gasteiger partial charge in [0.25, 0.3) is 0 Å². The summed E-state index contributed by atoms with van der Waals surface area (Å²) in [7, 11) is 0. The van der Waals surface area contributed by atoms with Crippen LogP contribution < -0.4 is 10.6 Å². The highest BCUT2D eigenvalue weighted by Gasteiger charge is 2.08. The lowest BCUT2D eigenvalue weighted by Gasteiger charge is -2.24. The number of hydrogen-bond donors (Lipinski definition) is 1. The second-order valence-corrected chi connectivity index (χ2v) is 5.17. The lowest BCUT2D eigenvalue weighted by molar-refractivity contribution is 0.627. The third kappa shape index (κ3) is 3.64. The maximum atomic E-state index is 13.2. The molecule has 0 bridgehead atoms. The van der Waals surface area contributed by atoms with Crippen molar-refractivity contribution in [3.05, 3.63) is 58.9 Å². The molecular formula is C16H18ClFN2. The SMILES string of the molecule is CCCN(Cc1ccc(F)c(Cl)c1)c1ccc(N)cc1. The van der Waals surface area contributed by atoms with Gasteiger partial charge in [-0.25, -0.2) is 4.39 Å². The summed E-state index contributed by atoms with van der Waals surface area (Å²) in [6.07, 6.45) is 1.03. The Kier molecular flexibility index (Phi) is 4.85. The van der Waals surface area contributed by atoms with Crippen LogP contribution in [-0.4, -0.2) is 6.54 Å². The van der Waals surface area contributed by atoms with Crippen molar-refractivity contribution in [3.8, 4) is 0 Å². The van der Waals surface area contributed by atoms with Gasteiger partial charge in [-0.15, -0.1) is 0 Å². The summed E-state index contributed by atoms with van der Waals surface area (Å²) in [5.41, 5.74) is 8.54. The summed E-state index contributed by atoms with van der Waals surface area (Å²) < 4.78 is 13.2. The molecule has 2 aromatic carbocycles. The quantitative estimate of drug-likeness (QED) is 0.823. The molecule has 0 aromatic heterocycles. The molecule has 0 fully saturated rings. The van der Waals surface area contributed by atoms with Crippen LogP contribution in [0.3, 0.4) is 0 Å². The topological polar surface area (TPSA) is 29.3 Å². The first-order valence-electron chi connectivity index (χ1n) is 6.64. The van der Waals surface area contributed by atoms with Gasteiger partial charge in [-0.05, 0) is 48.4 Å². The summed E-state index contributed by atoms with van der Waals surface area (Å²) in [6.45, 7) is 3.73. The van der Waals surface area contributed by atoms with E-state index in [1.165, 1.54) is 6.07 Å². The van der Waals surface area contributed by atoms with Gasteiger partial charge in [0, 0.05) is 24.5 Å². The molecule has 2 nitrogen and oxygen atoms in total. The van der Waals surface area contributed by atoms with Crippen molar-refractivity contribution >= 4 is 23.0 Å². The molecule has 0 aliphatic carbocycles. The van der Waals surface area contributed by atoms with Crippen LogP contribution in [0.5, 0.6) is 0 Å². The minimum absolute atomic E-state index is 0.163. The fraction of sp³-hybridized carbons (Fsp3) is 0.250. The molecule has 2 N–H and O–H groups in total. The number of benzene rings is 2. The summed E-state index contributed by atoms with van der Waals surface area (Å²) in [6, 6.07) is 12.6. The van der Waals surface area contributed by atoms with E-state index >= 15 is 0 Å². The first kappa shape index (κ1) is 14.7. The lowest BCUT2D eigenvalue weighted by Crippen LogP contribution is -2.23. The van der Waals surface area contributed by atoms with Crippen molar-refractivity contribution in [1.29, 1.82) is 0 Å². The van der Waals surface area contributed by atoms with E-state index in [1.54, 1.807) is 12.1 Å². The van der Waals surface area contributed by atoms with Crippen molar-refractivity contribution in [3.63, 3.8) is 0 Å². The third-order valence-electron chi connectivity index (χ3n) is 3.11. The molecule has 0 heterocycles. The Morgan fingerprint density at radius 2 is 1.85 bits per heavy atom. The van der Waals surface area contributed by atoms with Gasteiger partial charge in [0.15, 0.2) is 0 Å². The first-order valence-corrected chi connectivity index (χ1v) is 7.02. The maximum absolute atomic E-state index is 13.2. The van der Waals surface area contributed by atoms with E-state index < -0.39 is 0 Å². The number of hydrogen-bond acceptors (Lipinski definition) is 2. The smallest absolute Gasteiger partial charge is 0.141 e. The standard InChI is InChI=1S/C16H18ClFN2/c1-2-9-20(14-6-4-13(19)5-7-14)11-12-3-8-16(18)15(17)10-12/h3-8,10H,2,9,11,19H2,1H3. The fourth-order valence-corrected chi connectivity index (χ4v) is 2.32. The Balaban J connectivity index is 2.20. The van der Waals surface area contributed by atoms with E-state index in [0.29, 0.717) is 6.54 Å². The number of nitrogen functional groups attached to an aromatic ring is 1. The number of rotatable bonds is 5. The van der Waals surface area contributed by atoms with E-state index in [9.17, 15) is 4.39 Å². The maximum Gasteiger partial charge on any atom is 0.141 e. The van der Waals surface area contributed by atoms with Crippen LogP contribution in [0.25, 0.3) is 0 Å². The minimum Gasteiger partial charge on any atom is -0.399 e. The van der Waals surface area contributed by atoms with Crippen LogP contribution in [0.15, 0.2) is 42.5 Å². The second-order valence-electron chi connectivity index (χ2n) is 4.76. The minimum atomic E-state index is -0.384. The molecule has 0 unspecified atom stereocenters. The fourth-order valence-electron chi connectivity index (χ4n) is 2.11. The molecule has 0 radical (unpaired) electrons. The first-order chi connectivity index (χ1) is 9.60. The summed E-state index contributed by atoms with van der Waals surface area (Å²) in [4.78, 5) is 2.23. The normalized spacial score (nSPS) is 10.6. The van der Waals surface area contributed by atoms with E-state index in [0.717, 1.165) is 29.9 Å². The van der Waals surface area contributed by atoms with E-state index in [4.69, 9.17) is 17.3 Å². The van der Waals surface area contributed by atoms with Crippen molar-refractivity contribution < 1.29 is 4.39 Å². The molecule has 106 valence electrons. The molecule has 20 heavy (non-hydrogen) atoms. The molecule has 0 aliphatic rings. The second kappa shape index (κ2) is 6.62. The molecule has 0 spiro atoms. The van der Waals surface area contributed by atoms with Gasteiger partial charge in [0.05, 0.1) is 5.02 Å². The van der Waals surface area contributed by atoms with Gasteiger partial charge in [0.1, 0.15) is 5.82 Å². The summed E-state index contributed by atoms with van der Waals surface area (Å²) in [5.74, 6) is -0.384. The van der Waals surface area contributed by atoms with Crippen LogP contribution >= 0.6 is 11.6 Å². The van der Waals surface area contributed by atoms with Crippen LogP contribution in [-0.2, 0) is 6.54 Å². The largest absolute Gasteiger partial charge is 0.399 e. The summed E-state index contributed by atoms with van der Waals surface area (Å²) in [5, 5.41) is 0.163. The lowest BCUT2D eigenvalue weighted by atomic mass is 10.1. The van der Waals surface area contributed by atoms with Gasteiger partial charge in [-0.1, -0.05) is 24.6 Å². The molecule has 2 aromatic rings. The highest BCUT2D eigenvalue weighted by molar-refractivity contribution is 6.30. The number of halogens is 2. The Bertz CT molecular complexity index is 569. The van der Waals surface area contributed by atoms with E-state index in [-0.39, 0.29) is 10.8 Å². The van der Waals surface area contributed by atoms with Gasteiger partial charge in [-0.2, -0.15) is 0 Å². The average molecular weight is 293 g/mol. The molecule has 0 aliphatic heterocycles. The predicted molar refractivity (Wildman–Crippen MR) is 83.6 cm³/mol. The monoisotopic (exact) mass is 292 g/mol. The zero-order chi connectivity index (χ0) is 14.5. The highest BCUT2D eigenvalue weighted by Crippen LogP contribution is 2.22. The van der Waals surface area contributed by atoms with E-state index in [1.807, 2.05) is 24.3 Å². The Morgan fingerprint density at radius 3 is 2.45 bits per heavy atom. The Hall–Kier alpha value is -1.74. The van der Waals surface area contributed by atoms with Gasteiger partial charge >= 0.3 is 0 Å². The molecule has 0 amide bonds. The number of nitrogens with two attached hydrogens (primary N) is 1. The average Bonchev–Trinajstić information content (AvgIpc) is 2.43. The van der Waals surface area contributed by atoms with Crippen molar-refractivity contribution in [1.82, 2.24) is 0 Å². The van der Waals surface area contributed by atoms with Crippen LogP contribution in [0.4, 0.5) is 15.8 Å². The summed E-state index contributed by atoms with van der Waals surface area (Å²) >= 11 is 5.83. The van der Waals surface area contributed by atoms with E-state index in [2.05, 4.69) is 11.8 Å². The van der Waals surface area contributed by atoms with Crippen molar-refractivity contribution in [2.75, 3.05) is 17.2 Å². The molecule has 2 rings (SSSR count). The Morgan fingerprint density at radius 1 is 1.15 bits per heavy atom. The molecule has 0 atom stereocenters. The number of anilines is 2. The zero-order valence-corrected chi connectivity index (χ0v) is 12.2. The highest BCUT2D eigenvalue weighted by atomic mass is 35.5. The molecule has 0 saturated carbocycles. The van der Waals surface area contributed by atoms with Gasteiger partial charge < -0.3 is 10.6 Å². The van der Waals surface area contributed by atoms with Crippen molar-refractivity contribution in [2.45, 2.75) is 19.9 Å². The van der Waals surface area contributed by atoms with Crippen molar-refractivity contribution in [2.24, 2.45) is 0 Å². The van der Waals surface area contributed by atoms with Crippen LogP contribution in [0.1, 0.15) is 18.9 Å². The third-order valence-corrected chi connectivity index (χ3v) is 3.40. The Labute approximate surface area is 124 Å². The van der Waals surface area contributed by atoms with Crippen LogP contribution in [0.2, 0.25) is 5.02 Å². The number of nitrogens with zero attached hydrogens (tertiary/aromatic N) is 1. The van der Waals surface area contributed by atoms with Gasteiger partial charge in [0.2, 0.25) is 0 Å².